The number of nitrogens with zero attached hydrogens (tertiary/aromatic N) is 1. The van der Waals surface area contributed by atoms with Gasteiger partial charge in [0, 0.05) is 6.20 Å². The van der Waals surface area contributed by atoms with Crippen molar-refractivity contribution in [1.29, 1.82) is 0 Å². The number of hydrogen-bond donors (Lipinski definition) is 0. The molecule has 0 saturated heterocycles. The number of rotatable bonds is 2. The minimum Gasteiger partial charge on any atom is -0.309 e. The number of alkyl halides is 3. The van der Waals surface area contributed by atoms with Crippen LogP contribution < -0.4 is 0 Å². The third-order valence-corrected chi connectivity index (χ3v) is 3.83. The van der Waals surface area contributed by atoms with Gasteiger partial charge in [-0.05, 0) is 30.5 Å². The van der Waals surface area contributed by atoms with Crippen molar-refractivity contribution in [3.05, 3.63) is 46.1 Å². The highest BCUT2D eigenvalue weighted by Gasteiger charge is 2.32. The van der Waals surface area contributed by atoms with E-state index in [-0.39, 0.29) is 10.0 Å². The molecule has 0 aliphatic heterocycles. The molecule has 1 aromatic carbocycles. The molecule has 0 aliphatic carbocycles. The van der Waals surface area contributed by atoms with Crippen LogP contribution >= 0.6 is 35.0 Å². The molecule has 0 amide bonds. The summed E-state index contributed by atoms with van der Waals surface area (Å²) in [7, 11) is 0. The number of thioether (sulfide) groups is 1. The van der Waals surface area contributed by atoms with E-state index in [1.165, 1.54) is 11.8 Å². The molecule has 0 bridgehead atoms. The quantitative estimate of drug-likeness (QED) is 0.657. The Balaban J connectivity index is 2.61. The number of halogens is 5. The van der Waals surface area contributed by atoms with E-state index in [4.69, 9.17) is 23.2 Å². The van der Waals surface area contributed by atoms with Gasteiger partial charge in [0.05, 0.1) is 26.3 Å². The summed E-state index contributed by atoms with van der Waals surface area (Å²) in [6.45, 7) is 0. The zero-order valence-corrected chi connectivity index (χ0v) is 12.0. The van der Waals surface area contributed by atoms with E-state index < -0.39 is 11.7 Å². The lowest BCUT2D eigenvalue weighted by Gasteiger charge is -2.14. The van der Waals surface area contributed by atoms with Crippen molar-refractivity contribution in [3.8, 4) is 5.69 Å². The molecule has 1 heterocycles. The van der Waals surface area contributed by atoms with Gasteiger partial charge >= 0.3 is 6.18 Å². The van der Waals surface area contributed by atoms with E-state index in [1.807, 2.05) is 12.3 Å². The fraction of sp³-hybridized carbons (Fsp3) is 0.167. The highest BCUT2D eigenvalue weighted by molar-refractivity contribution is 7.98. The first kappa shape index (κ1) is 14.6. The summed E-state index contributed by atoms with van der Waals surface area (Å²) in [5, 5.41) is 0.765. The van der Waals surface area contributed by atoms with Gasteiger partial charge < -0.3 is 4.57 Å². The van der Waals surface area contributed by atoms with Gasteiger partial charge in [-0.1, -0.05) is 23.2 Å². The second-order valence-electron chi connectivity index (χ2n) is 3.71. The minimum absolute atomic E-state index is 0.0358. The van der Waals surface area contributed by atoms with Crippen LogP contribution in [0.25, 0.3) is 5.69 Å². The average molecular weight is 326 g/mol. The Labute approximate surface area is 122 Å². The second-order valence-corrected chi connectivity index (χ2v) is 5.35. The van der Waals surface area contributed by atoms with Crippen molar-refractivity contribution in [3.63, 3.8) is 0 Å². The van der Waals surface area contributed by atoms with E-state index >= 15 is 0 Å². The summed E-state index contributed by atoms with van der Waals surface area (Å²) in [5.41, 5.74) is -0.505. The normalized spacial score (nSPS) is 11.9. The van der Waals surface area contributed by atoms with Crippen molar-refractivity contribution < 1.29 is 13.2 Å². The van der Waals surface area contributed by atoms with E-state index in [2.05, 4.69) is 0 Å². The lowest BCUT2D eigenvalue weighted by molar-refractivity contribution is -0.137. The zero-order valence-electron chi connectivity index (χ0n) is 9.63. The molecule has 0 radical (unpaired) electrons. The largest absolute Gasteiger partial charge is 0.416 e. The van der Waals surface area contributed by atoms with Crippen LogP contribution in [0, 0.1) is 0 Å². The van der Waals surface area contributed by atoms with Gasteiger partial charge in [0.1, 0.15) is 0 Å². The Morgan fingerprint density at radius 3 is 2.21 bits per heavy atom. The van der Waals surface area contributed by atoms with Crippen molar-refractivity contribution >= 4 is 35.0 Å². The molecule has 7 heteroatoms. The molecule has 1 nitrogen and oxygen atoms in total. The Hall–Kier alpha value is -0.780. The molecule has 2 aromatic rings. The summed E-state index contributed by atoms with van der Waals surface area (Å²) in [6, 6.07) is 5.37. The third-order valence-electron chi connectivity index (χ3n) is 2.51. The lowest BCUT2D eigenvalue weighted by atomic mass is 10.2. The first-order valence-electron chi connectivity index (χ1n) is 5.12. The van der Waals surface area contributed by atoms with Gasteiger partial charge in [0.2, 0.25) is 0 Å². The number of hydrogen-bond acceptors (Lipinski definition) is 1. The van der Waals surface area contributed by atoms with Gasteiger partial charge in [-0.3, -0.25) is 0 Å². The molecular weight excluding hydrogens is 318 g/mol. The molecule has 0 atom stereocenters. The zero-order chi connectivity index (χ0) is 14.2. The molecule has 0 saturated carbocycles. The van der Waals surface area contributed by atoms with Crippen molar-refractivity contribution in [1.82, 2.24) is 4.57 Å². The molecule has 0 N–H and O–H groups in total. The van der Waals surface area contributed by atoms with Gasteiger partial charge in [-0.2, -0.15) is 13.2 Å². The van der Waals surface area contributed by atoms with Crippen LogP contribution in [0.15, 0.2) is 35.5 Å². The highest BCUT2D eigenvalue weighted by atomic mass is 35.5. The average Bonchev–Trinajstić information content (AvgIpc) is 2.75. The van der Waals surface area contributed by atoms with Gasteiger partial charge in [0.25, 0.3) is 0 Å². The Kier molecular flexibility index (Phi) is 4.08. The third kappa shape index (κ3) is 2.88. The number of aromatic nitrogens is 1. The van der Waals surface area contributed by atoms with E-state index in [1.54, 1.807) is 16.8 Å². The lowest BCUT2D eigenvalue weighted by Crippen LogP contribution is -2.06. The predicted octanol–water partition coefficient (Wildman–Crippen LogP) is 5.52. The Morgan fingerprint density at radius 2 is 1.74 bits per heavy atom. The molecule has 102 valence electrons. The van der Waals surface area contributed by atoms with Crippen molar-refractivity contribution in [2.45, 2.75) is 11.2 Å². The van der Waals surface area contributed by atoms with E-state index in [0.717, 1.165) is 17.2 Å². The Morgan fingerprint density at radius 1 is 1.16 bits per heavy atom. The molecular formula is C12H8Cl2F3NS. The second kappa shape index (κ2) is 5.31. The number of benzene rings is 1. The smallest absolute Gasteiger partial charge is 0.309 e. The van der Waals surface area contributed by atoms with Gasteiger partial charge in [-0.15, -0.1) is 11.8 Å². The molecule has 0 fully saturated rings. The van der Waals surface area contributed by atoms with Crippen molar-refractivity contribution in [2.75, 3.05) is 6.26 Å². The molecule has 2 rings (SSSR count). The van der Waals surface area contributed by atoms with Crippen molar-refractivity contribution in [2.24, 2.45) is 0 Å². The van der Waals surface area contributed by atoms with Crippen LogP contribution in [0.4, 0.5) is 13.2 Å². The standard InChI is InChI=1S/C12H8Cl2F3NS/c1-19-10-3-2-4-18(10)11-8(13)5-7(6-9(11)14)12(15,16)17/h2-6H,1H3. The Bertz CT molecular complexity index is 584. The van der Waals surface area contributed by atoms with E-state index in [9.17, 15) is 13.2 Å². The predicted molar refractivity (Wildman–Crippen MR) is 72.6 cm³/mol. The summed E-state index contributed by atoms with van der Waals surface area (Å²) >= 11 is 13.3. The maximum Gasteiger partial charge on any atom is 0.416 e. The molecule has 0 aliphatic rings. The maximum atomic E-state index is 12.6. The fourth-order valence-corrected chi connectivity index (χ4v) is 2.91. The fourth-order valence-electron chi connectivity index (χ4n) is 1.68. The minimum atomic E-state index is -4.47. The van der Waals surface area contributed by atoms with Crippen LogP contribution in [-0.4, -0.2) is 10.8 Å². The SMILES string of the molecule is CSc1cccn1-c1c(Cl)cc(C(F)(F)F)cc1Cl. The summed E-state index contributed by atoms with van der Waals surface area (Å²) in [5.74, 6) is 0. The first-order valence-corrected chi connectivity index (χ1v) is 7.10. The van der Waals surface area contributed by atoms with Crippen LogP contribution in [0.1, 0.15) is 5.56 Å². The summed E-state index contributed by atoms with van der Waals surface area (Å²) < 4.78 is 39.6. The van der Waals surface area contributed by atoms with E-state index in [0.29, 0.717) is 5.69 Å². The summed E-state index contributed by atoms with van der Waals surface area (Å²) in [6.07, 6.45) is -0.908. The first-order chi connectivity index (χ1) is 8.84. The van der Waals surface area contributed by atoms with Crippen LogP contribution in [0.3, 0.4) is 0 Å². The molecule has 1 aromatic heterocycles. The molecule has 0 unspecified atom stereocenters. The monoisotopic (exact) mass is 325 g/mol. The summed E-state index contributed by atoms with van der Waals surface area (Å²) in [4.78, 5) is 0. The van der Waals surface area contributed by atoms with Crippen LogP contribution in [0.5, 0.6) is 0 Å². The maximum absolute atomic E-state index is 12.6. The van der Waals surface area contributed by atoms with Crippen LogP contribution in [-0.2, 0) is 6.18 Å². The van der Waals surface area contributed by atoms with Crippen LogP contribution in [0.2, 0.25) is 10.0 Å². The molecule has 0 spiro atoms. The molecule has 19 heavy (non-hydrogen) atoms. The van der Waals surface area contributed by atoms with Gasteiger partial charge in [-0.25, -0.2) is 0 Å². The topological polar surface area (TPSA) is 4.93 Å². The van der Waals surface area contributed by atoms with Gasteiger partial charge in [0.15, 0.2) is 0 Å². The highest BCUT2D eigenvalue weighted by Crippen LogP contribution is 2.38.